The summed E-state index contributed by atoms with van der Waals surface area (Å²) in [4.78, 5) is 105. The normalized spacial score (nSPS) is 16.4. The summed E-state index contributed by atoms with van der Waals surface area (Å²) < 4.78 is 58.0. The fourth-order valence-electron chi connectivity index (χ4n) is 6.57. The van der Waals surface area contributed by atoms with Crippen molar-refractivity contribution in [2.75, 3.05) is 57.1 Å². The van der Waals surface area contributed by atoms with E-state index in [0.717, 1.165) is 38.4 Å². The summed E-state index contributed by atoms with van der Waals surface area (Å²) in [6.45, 7) is 24.6. The summed E-state index contributed by atoms with van der Waals surface area (Å²) in [7, 11) is -2.03. The van der Waals surface area contributed by atoms with Crippen molar-refractivity contribution in [2.45, 2.75) is 185 Å². The van der Waals surface area contributed by atoms with Crippen molar-refractivity contribution in [3.05, 3.63) is 0 Å². The van der Waals surface area contributed by atoms with Gasteiger partial charge in [0.15, 0.2) is 9.84 Å². The first-order valence-electron chi connectivity index (χ1n) is 24.7. The second kappa shape index (κ2) is 32.9. The van der Waals surface area contributed by atoms with Gasteiger partial charge in [0, 0.05) is 24.2 Å². The van der Waals surface area contributed by atoms with Gasteiger partial charge in [-0.1, -0.05) is 34.6 Å². The largest absolute Gasteiger partial charge is 0.469 e. The van der Waals surface area contributed by atoms with Gasteiger partial charge in [-0.3, -0.25) is 43.2 Å². The predicted octanol–water partition coefficient (Wildman–Crippen LogP) is 7.95. The summed E-state index contributed by atoms with van der Waals surface area (Å²) in [6, 6.07) is 0. The minimum absolute atomic E-state index is 0.0569. The van der Waals surface area contributed by atoms with Crippen LogP contribution in [-0.4, -0.2) is 130 Å². The molecule has 0 aromatic carbocycles. The van der Waals surface area contributed by atoms with Gasteiger partial charge in [0.25, 0.3) is 0 Å². The first-order chi connectivity index (χ1) is 32.7. The van der Waals surface area contributed by atoms with Crippen LogP contribution in [0.4, 0.5) is 0 Å². The molecule has 0 radical (unpaired) electrons. The Morgan fingerprint density at radius 1 is 0.634 bits per heavy atom. The lowest BCUT2D eigenvalue weighted by atomic mass is 9.82. The molecule has 0 aromatic rings. The van der Waals surface area contributed by atoms with E-state index >= 15 is 0 Å². The van der Waals surface area contributed by atoms with Crippen LogP contribution < -0.4 is 0 Å². The van der Waals surface area contributed by atoms with Crippen molar-refractivity contribution in [2.24, 2.45) is 28.1 Å². The molecule has 0 aromatic heterocycles. The third kappa shape index (κ3) is 27.5. The minimum atomic E-state index is -3.37. The number of ketones is 2. The summed E-state index contributed by atoms with van der Waals surface area (Å²) >= 11 is 1.51. The first kappa shape index (κ1) is 69.0. The molecule has 20 heteroatoms. The topological polar surface area (TPSA) is 252 Å². The first-order valence-corrected chi connectivity index (χ1v) is 27.9. The maximum absolute atomic E-state index is 12.8. The number of rotatable bonds is 29. The zero-order valence-electron chi connectivity index (χ0n) is 45.8. The van der Waals surface area contributed by atoms with Gasteiger partial charge in [-0.15, -0.1) is 0 Å². The number of ether oxygens (including phenoxy) is 7. The van der Waals surface area contributed by atoms with E-state index in [1.165, 1.54) is 39.6 Å². The van der Waals surface area contributed by atoms with Gasteiger partial charge < -0.3 is 33.2 Å². The van der Waals surface area contributed by atoms with Gasteiger partial charge in [-0.05, 0) is 133 Å². The van der Waals surface area contributed by atoms with E-state index in [2.05, 4.69) is 6.92 Å². The van der Waals surface area contributed by atoms with Crippen LogP contribution in [0.15, 0.2) is 0 Å². The molecule has 0 bridgehead atoms. The van der Waals surface area contributed by atoms with Crippen molar-refractivity contribution in [3.8, 4) is 0 Å². The lowest BCUT2D eigenvalue weighted by Crippen LogP contribution is -2.40. The number of esters is 7. The number of carbonyl (C=O) groups excluding carboxylic acids is 9. The van der Waals surface area contributed by atoms with Crippen molar-refractivity contribution in [1.29, 1.82) is 0 Å². The van der Waals surface area contributed by atoms with E-state index in [1.54, 1.807) is 41.5 Å². The summed E-state index contributed by atoms with van der Waals surface area (Å²) in [5.74, 6) is -4.71. The number of hydrogen-bond acceptors (Lipinski definition) is 19. The molecule has 5 atom stereocenters. The van der Waals surface area contributed by atoms with Gasteiger partial charge in [0.2, 0.25) is 0 Å². The van der Waals surface area contributed by atoms with E-state index < -0.39 is 73.1 Å². The SMILES string of the molecule is CCC(C(C)=O)C(=O)OCCC(C)(CC)C(=O)OC.CCC(C)(CCC(=O)OCCOC(=O)C(C)C(C)=O)C(=O)OC(C)(C)C.CCC1(OC(=O)C(C)(CC)CSCCOC(=O)CS(C)(=O)=O)CCCC1. The summed E-state index contributed by atoms with van der Waals surface area (Å²) in [6.07, 6.45) is 8.93. The average Bonchev–Trinajstić information content (AvgIpc) is 3.76. The number of hydrogen-bond donors (Lipinski definition) is 0. The molecule has 1 fully saturated rings. The molecule has 1 rings (SSSR count). The predicted molar refractivity (Wildman–Crippen MR) is 270 cm³/mol. The van der Waals surface area contributed by atoms with Gasteiger partial charge in [0.05, 0.1) is 30.0 Å². The highest BCUT2D eigenvalue weighted by atomic mass is 32.2. The molecule has 0 amide bonds. The summed E-state index contributed by atoms with van der Waals surface area (Å²) in [5, 5.41) is 0. The van der Waals surface area contributed by atoms with Gasteiger partial charge in [0.1, 0.15) is 60.2 Å². The third-order valence-electron chi connectivity index (χ3n) is 12.7. The maximum atomic E-state index is 12.8. The van der Waals surface area contributed by atoms with Crippen LogP contribution in [-0.2, 0) is 86.1 Å². The molecule has 1 aliphatic rings. The molecule has 71 heavy (non-hydrogen) atoms. The van der Waals surface area contributed by atoms with Crippen LogP contribution >= 0.6 is 11.8 Å². The zero-order valence-corrected chi connectivity index (χ0v) is 47.4. The Morgan fingerprint density at radius 2 is 1.14 bits per heavy atom. The van der Waals surface area contributed by atoms with E-state index in [9.17, 15) is 51.6 Å². The molecule has 1 saturated carbocycles. The van der Waals surface area contributed by atoms with Crippen LogP contribution in [0.1, 0.15) is 174 Å². The number of thioether (sulfide) groups is 1. The van der Waals surface area contributed by atoms with Crippen molar-refractivity contribution in [3.63, 3.8) is 0 Å². The van der Waals surface area contributed by atoms with E-state index in [4.69, 9.17) is 33.2 Å². The van der Waals surface area contributed by atoms with Crippen LogP contribution in [0.5, 0.6) is 0 Å². The van der Waals surface area contributed by atoms with Crippen LogP contribution in [0, 0.1) is 28.1 Å². The fraction of sp³-hybridized carbons (Fsp3) is 0.824. The molecule has 0 saturated heterocycles. The Kier molecular flexibility index (Phi) is 32.0. The number of methoxy groups -OCH3 is 1. The van der Waals surface area contributed by atoms with Crippen LogP contribution in [0.2, 0.25) is 0 Å². The van der Waals surface area contributed by atoms with E-state index in [1.807, 2.05) is 27.7 Å². The number of sulfone groups is 1. The smallest absolute Gasteiger partial charge is 0.321 e. The van der Waals surface area contributed by atoms with Gasteiger partial charge in [-0.2, -0.15) is 11.8 Å². The Hall–Kier alpha value is -4.07. The maximum Gasteiger partial charge on any atom is 0.321 e. The fourth-order valence-corrected chi connectivity index (χ4v) is 8.20. The molecular weight excluding hydrogens is 965 g/mol. The minimum Gasteiger partial charge on any atom is -0.469 e. The van der Waals surface area contributed by atoms with Gasteiger partial charge in [-0.25, -0.2) is 8.42 Å². The molecule has 0 spiro atoms. The molecular formula is C51H88O18S2. The van der Waals surface area contributed by atoms with Crippen LogP contribution in [0.25, 0.3) is 0 Å². The number of carbonyl (C=O) groups is 9. The van der Waals surface area contributed by atoms with Crippen molar-refractivity contribution < 1.29 is 84.7 Å². The molecule has 18 nitrogen and oxygen atoms in total. The lowest BCUT2D eigenvalue weighted by Gasteiger charge is -2.34. The third-order valence-corrected chi connectivity index (χ3v) is 14.7. The molecule has 412 valence electrons. The van der Waals surface area contributed by atoms with E-state index in [0.29, 0.717) is 50.0 Å². The summed E-state index contributed by atoms with van der Waals surface area (Å²) in [5.41, 5.74) is -2.89. The monoisotopic (exact) mass is 1050 g/mol. The standard InChI is InChI=1S/C19H32O7.C18H32O6S2.C14H24O5/c1-8-19(7,17(23)26-18(4,5)6)10-9-15(21)24-11-12-25-16(22)13(2)14(3)20;1-5-17(3,16(20)24-18(6-2)9-7-8-10-18)14-25-12-11-23-15(19)13-26(4,21)22;1-6-11(10(3)15)12(16)19-9-8-14(4,7-2)13(17)18-5/h13H,8-12H2,1-7H3;5-14H2,1-4H3;11H,6-9H2,1-5H3. The quantitative estimate of drug-likeness (QED) is 0.0298. The van der Waals surface area contributed by atoms with Crippen LogP contribution in [0.3, 0.4) is 0 Å². The molecule has 0 heterocycles. The lowest BCUT2D eigenvalue weighted by molar-refractivity contribution is -0.170. The Labute approximate surface area is 428 Å². The second-order valence-electron chi connectivity index (χ2n) is 19.9. The number of Topliss-reactive ketones (excluding diaryl/α,β-unsaturated/α-hetero) is 2. The Bertz CT molecular complexity index is 1850. The highest BCUT2D eigenvalue weighted by Gasteiger charge is 2.42. The molecule has 0 N–H and O–H groups in total. The van der Waals surface area contributed by atoms with Crippen molar-refractivity contribution >= 4 is 75.0 Å². The van der Waals surface area contributed by atoms with Crippen molar-refractivity contribution in [1.82, 2.24) is 0 Å². The average molecular weight is 1050 g/mol. The highest BCUT2D eigenvalue weighted by molar-refractivity contribution is 7.99. The second-order valence-corrected chi connectivity index (χ2v) is 23.2. The molecule has 5 unspecified atom stereocenters. The molecule has 0 aliphatic heterocycles. The zero-order chi connectivity index (χ0) is 55.4. The Balaban J connectivity index is 0. The highest BCUT2D eigenvalue weighted by Crippen LogP contribution is 2.39. The van der Waals surface area contributed by atoms with Gasteiger partial charge >= 0.3 is 41.8 Å². The van der Waals surface area contributed by atoms with E-state index in [-0.39, 0.29) is 67.9 Å². The Morgan fingerprint density at radius 3 is 1.59 bits per heavy atom. The molecule has 1 aliphatic carbocycles.